The molecule has 5 nitrogen and oxygen atoms in total. The first-order valence-corrected chi connectivity index (χ1v) is 8.50. The van der Waals surface area contributed by atoms with Gasteiger partial charge in [-0.1, -0.05) is 35.9 Å². The van der Waals surface area contributed by atoms with Crippen LogP contribution in [-0.4, -0.2) is 19.9 Å². The van der Waals surface area contributed by atoms with Gasteiger partial charge in [-0.2, -0.15) is 0 Å². The highest BCUT2D eigenvalue weighted by Gasteiger charge is 2.05. The molecule has 0 amide bonds. The van der Waals surface area contributed by atoms with Crippen molar-refractivity contribution in [1.29, 1.82) is 0 Å². The van der Waals surface area contributed by atoms with Gasteiger partial charge in [0.25, 0.3) is 0 Å². The number of benzene rings is 2. The van der Waals surface area contributed by atoms with Crippen LogP contribution in [0.4, 0.5) is 11.6 Å². The molecule has 1 aromatic heterocycles. The van der Waals surface area contributed by atoms with Crippen LogP contribution in [0.3, 0.4) is 0 Å². The Balaban J connectivity index is 1.60. The fourth-order valence-electron chi connectivity index (χ4n) is 2.62. The van der Waals surface area contributed by atoms with E-state index in [1.807, 2.05) is 12.1 Å². The third-order valence-electron chi connectivity index (χ3n) is 3.71. The van der Waals surface area contributed by atoms with Gasteiger partial charge < -0.3 is 5.32 Å². The molecule has 6 heteroatoms. The molecule has 0 radical (unpaired) electrons. The van der Waals surface area contributed by atoms with E-state index in [4.69, 9.17) is 12.2 Å². The summed E-state index contributed by atoms with van der Waals surface area (Å²) in [5.74, 6) is 0.481. The van der Waals surface area contributed by atoms with Crippen molar-refractivity contribution >= 4 is 29.0 Å². The predicted octanol–water partition coefficient (Wildman–Crippen LogP) is 4.06. The summed E-state index contributed by atoms with van der Waals surface area (Å²) < 4.78 is 1.78. The van der Waals surface area contributed by atoms with Gasteiger partial charge in [-0.3, -0.25) is 5.32 Å². The number of nitrogens with zero attached hydrogens (tertiary/aromatic N) is 3. The molecule has 0 spiro atoms. The van der Waals surface area contributed by atoms with Gasteiger partial charge in [0.1, 0.15) is 6.33 Å². The summed E-state index contributed by atoms with van der Waals surface area (Å²) in [7, 11) is 0. The molecule has 128 valence electrons. The van der Waals surface area contributed by atoms with Crippen molar-refractivity contribution in [3.05, 3.63) is 71.0 Å². The first-order chi connectivity index (χ1) is 12.0. The van der Waals surface area contributed by atoms with Crippen LogP contribution in [0.5, 0.6) is 0 Å². The summed E-state index contributed by atoms with van der Waals surface area (Å²) in [6, 6.07) is 14.6. The van der Waals surface area contributed by atoms with Gasteiger partial charge >= 0.3 is 0 Å². The molecule has 3 rings (SSSR count). The smallest absolute Gasteiger partial charge is 0.248 e. The Morgan fingerprint density at radius 3 is 2.32 bits per heavy atom. The van der Waals surface area contributed by atoms with Crippen molar-refractivity contribution in [3.8, 4) is 0 Å². The minimum Gasteiger partial charge on any atom is -0.332 e. The van der Waals surface area contributed by atoms with Crippen LogP contribution in [0.25, 0.3) is 0 Å². The molecule has 0 fully saturated rings. The van der Waals surface area contributed by atoms with Crippen LogP contribution in [0.2, 0.25) is 0 Å². The SMILES string of the molecule is Cc1ccc(Cn2cnc(NC(=S)Nc3cc(C)cc(C)c3)n2)cc1. The zero-order valence-corrected chi connectivity index (χ0v) is 15.4. The molecule has 0 aliphatic carbocycles. The molecule has 0 atom stereocenters. The first-order valence-electron chi connectivity index (χ1n) is 8.09. The van der Waals surface area contributed by atoms with Gasteiger partial charge in [0, 0.05) is 5.69 Å². The van der Waals surface area contributed by atoms with Crippen LogP contribution < -0.4 is 10.6 Å². The van der Waals surface area contributed by atoms with Crippen LogP contribution in [0.15, 0.2) is 48.8 Å². The van der Waals surface area contributed by atoms with Crippen molar-refractivity contribution in [2.24, 2.45) is 0 Å². The number of anilines is 2. The summed E-state index contributed by atoms with van der Waals surface area (Å²) in [5.41, 5.74) is 5.75. The van der Waals surface area contributed by atoms with E-state index < -0.39 is 0 Å². The Hall–Kier alpha value is -2.73. The van der Waals surface area contributed by atoms with E-state index in [1.54, 1.807) is 11.0 Å². The highest BCUT2D eigenvalue weighted by atomic mass is 32.1. The van der Waals surface area contributed by atoms with E-state index in [9.17, 15) is 0 Å². The molecule has 1 heterocycles. The van der Waals surface area contributed by atoms with Gasteiger partial charge in [0.05, 0.1) is 6.54 Å². The molecule has 0 aliphatic heterocycles. The van der Waals surface area contributed by atoms with E-state index in [1.165, 1.54) is 22.3 Å². The van der Waals surface area contributed by atoms with E-state index in [-0.39, 0.29) is 0 Å². The molecular formula is C19H21N5S. The maximum absolute atomic E-state index is 5.35. The third-order valence-corrected chi connectivity index (χ3v) is 3.91. The van der Waals surface area contributed by atoms with Crippen molar-refractivity contribution in [2.45, 2.75) is 27.3 Å². The second-order valence-corrected chi connectivity index (χ2v) is 6.62. The van der Waals surface area contributed by atoms with Crippen LogP contribution in [0.1, 0.15) is 22.3 Å². The predicted molar refractivity (Wildman–Crippen MR) is 106 cm³/mol. The molecule has 0 aliphatic rings. The van der Waals surface area contributed by atoms with Crippen molar-refractivity contribution in [2.75, 3.05) is 10.6 Å². The maximum Gasteiger partial charge on any atom is 0.248 e. The fraction of sp³-hybridized carbons (Fsp3) is 0.211. The standard InChI is InChI=1S/C19H21N5S/c1-13-4-6-16(7-5-13)11-24-12-20-18(23-24)22-19(25)21-17-9-14(2)8-15(3)10-17/h4-10,12H,11H2,1-3H3,(H2,21,22,23,25). The number of aryl methyl sites for hydroxylation is 3. The quantitative estimate of drug-likeness (QED) is 0.694. The van der Waals surface area contributed by atoms with E-state index in [2.05, 4.69) is 71.8 Å². The average Bonchev–Trinajstić information content (AvgIpc) is 2.95. The third kappa shape index (κ3) is 4.87. The normalized spacial score (nSPS) is 10.5. The highest BCUT2D eigenvalue weighted by Crippen LogP contribution is 2.14. The fourth-order valence-corrected chi connectivity index (χ4v) is 2.83. The number of hydrogen-bond acceptors (Lipinski definition) is 3. The Bertz CT molecular complexity index is 863. The lowest BCUT2D eigenvalue weighted by molar-refractivity contribution is 0.687. The lowest BCUT2D eigenvalue weighted by atomic mass is 10.1. The number of aromatic nitrogens is 3. The molecule has 3 aromatic rings. The van der Waals surface area contributed by atoms with Crippen molar-refractivity contribution < 1.29 is 0 Å². The van der Waals surface area contributed by atoms with Gasteiger partial charge in [-0.25, -0.2) is 9.67 Å². The molecule has 0 saturated heterocycles. The Kier molecular flexibility index (Phi) is 5.09. The van der Waals surface area contributed by atoms with Gasteiger partial charge in [0.15, 0.2) is 5.11 Å². The average molecular weight is 351 g/mol. The highest BCUT2D eigenvalue weighted by molar-refractivity contribution is 7.80. The summed E-state index contributed by atoms with van der Waals surface area (Å²) in [5, 5.41) is 11.1. The number of rotatable bonds is 4. The van der Waals surface area contributed by atoms with E-state index >= 15 is 0 Å². The second-order valence-electron chi connectivity index (χ2n) is 6.21. The molecule has 2 aromatic carbocycles. The number of nitrogens with one attached hydrogen (secondary N) is 2. The molecule has 2 N–H and O–H groups in total. The Morgan fingerprint density at radius 1 is 0.960 bits per heavy atom. The first kappa shape index (κ1) is 17.1. The van der Waals surface area contributed by atoms with Crippen LogP contribution in [0, 0.1) is 20.8 Å². The van der Waals surface area contributed by atoms with Gasteiger partial charge in [-0.15, -0.1) is 5.10 Å². The summed E-state index contributed by atoms with van der Waals surface area (Å²) in [6.45, 7) is 6.86. The van der Waals surface area contributed by atoms with E-state index in [0.717, 1.165) is 5.69 Å². The maximum atomic E-state index is 5.35. The van der Waals surface area contributed by atoms with Crippen LogP contribution >= 0.6 is 12.2 Å². The zero-order valence-electron chi connectivity index (χ0n) is 14.6. The minimum absolute atomic E-state index is 0.470. The molecule has 0 unspecified atom stereocenters. The molecule has 0 saturated carbocycles. The molecule has 0 bridgehead atoms. The Morgan fingerprint density at radius 2 is 1.64 bits per heavy atom. The number of thiocarbonyl (C=S) groups is 1. The Labute approximate surface area is 153 Å². The summed E-state index contributed by atoms with van der Waals surface area (Å²) in [4.78, 5) is 4.26. The molecular weight excluding hydrogens is 330 g/mol. The monoisotopic (exact) mass is 351 g/mol. The van der Waals surface area contributed by atoms with Crippen molar-refractivity contribution in [1.82, 2.24) is 14.8 Å². The summed E-state index contributed by atoms with van der Waals surface area (Å²) in [6.07, 6.45) is 1.70. The minimum atomic E-state index is 0.470. The lowest BCUT2D eigenvalue weighted by Crippen LogP contribution is -2.20. The van der Waals surface area contributed by atoms with Crippen LogP contribution in [-0.2, 0) is 6.54 Å². The topological polar surface area (TPSA) is 54.8 Å². The van der Waals surface area contributed by atoms with Gasteiger partial charge in [-0.05, 0) is 61.8 Å². The second kappa shape index (κ2) is 7.44. The lowest BCUT2D eigenvalue weighted by Gasteiger charge is -2.09. The number of hydrogen-bond donors (Lipinski definition) is 2. The molecule has 25 heavy (non-hydrogen) atoms. The largest absolute Gasteiger partial charge is 0.332 e. The van der Waals surface area contributed by atoms with Crippen molar-refractivity contribution in [3.63, 3.8) is 0 Å². The summed E-state index contributed by atoms with van der Waals surface area (Å²) >= 11 is 5.35. The van der Waals surface area contributed by atoms with Gasteiger partial charge in [0.2, 0.25) is 5.95 Å². The zero-order chi connectivity index (χ0) is 17.8. The van der Waals surface area contributed by atoms with E-state index in [0.29, 0.717) is 17.6 Å².